The number of esters is 3. The van der Waals surface area contributed by atoms with Crippen LogP contribution in [-0.2, 0) is 14.2 Å². The Morgan fingerprint density at radius 1 is 0.636 bits per heavy atom. The van der Waals surface area contributed by atoms with Crippen molar-refractivity contribution in [3.8, 4) is 17.2 Å². The lowest BCUT2D eigenvalue weighted by molar-refractivity contribution is -0.150. The number of ether oxygens (including phenoxy) is 6. The Balaban J connectivity index is 1.15. The fraction of sp³-hybridized carbons (Fsp3) is 0.400. The summed E-state index contributed by atoms with van der Waals surface area (Å²) in [4.78, 5) is 37.4. The molecule has 0 radical (unpaired) electrons. The third kappa shape index (κ3) is 9.65. The third-order valence-electron chi connectivity index (χ3n) is 7.35. The lowest BCUT2D eigenvalue weighted by Crippen LogP contribution is -2.45. The van der Waals surface area contributed by atoms with Crippen molar-refractivity contribution in [2.75, 3.05) is 39.6 Å². The quantitative estimate of drug-likeness (QED) is 0.0947. The molecule has 4 rings (SSSR count). The maximum Gasteiger partial charge on any atom is 0.343 e. The summed E-state index contributed by atoms with van der Waals surface area (Å²) in [6.45, 7) is 8.01. The highest BCUT2D eigenvalue weighted by Gasteiger charge is 2.36. The Hall–Kier alpha value is -4.21. The first-order valence-electron chi connectivity index (χ1n) is 15.1. The molecular formula is C35H40O9. The van der Waals surface area contributed by atoms with Crippen molar-refractivity contribution in [1.29, 1.82) is 0 Å². The molecule has 44 heavy (non-hydrogen) atoms. The topological polar surface area (TPSA) is 107 Å². The van der Waals surface area contributed by atoms with Gasteiger partial charge < -0.3 is 28.4 Å². The van der Waals surface area contributed by atoms with Gasteiger partial charge in [0, 0.05) is 12.0 Å². The van der Waals surface area contributed by atoms with Crippen LogP contribution in [0.5, 0.6) is 17.2 Å². The van der Waals surface area contributed by atoms with Gasteiger partial charge in [0.05, 0.1) is 49.7 Å². The number of hydrogen-bond donors (Lipinski definition) is 0. The minimum Gasteiger partial charge on any atom is -0.494 e. The van der Waals surface area contributed by atoms with Gasteiger partial charge in [-0.25, -0.2) is 14.4 Å². The summed E-state index contributed by atoms with van der Waals surface area (Å²) in [5.74, 6) is -0.286. The van der Waals surface area contributed by atoms with Crippen molar-refractivity contribution in [2.24, 2.45) is 5.41 Å². The van der Waals surface area contributed by atoms with Crippen LogP contribution in [-0.4, -0.2) is 57.5 Å². The zero-order valence-electron chi connectivity index (χ0n) is 25.4. The van der Waals surface area contributed by atoms with Crippen LogP contribution >= 0.6 is 0 Å². The van der Waals surface area contributed by atoms with Crippen molar-refractivity contribution >= 4 is 17.9 Å². The molecule has 0 bridgehead atoms. The Kier molecular flexibility index (Phi) is 12.3. The van der Waals surface area contributed by atoms with Gasteiger partial charge in [-0.15, -0.1) is 0 Å². The maximum atomic E-state index is 12.6. The number of hydrogen-bond acceptors (Lipinski definition) is 9. The highest BCUT2D eigenvalue weighted by Crippen LogP contribution is 2.31. The number of carbonyl (C=O) groups is 3. The summed E-state index contributed by atoms with van der Waals surface area (Å²) in [6, 6.07) is 19.0. The van der Waals surface area contributed by atoms with E-state index < -0.39 is 17.9 Å². The van der Waals surface area contributed by atoms with Gasteiger partial charge in [-0.05, 0) is 98.5 Å². The van der Waals surface area contributed by atoms with E-state index in [0.717, 1.165) is 38.9 Å². The molecule has 0 unspecified atom stereocenters. The summed E-state index contributed by atoms with van der Waals surface area (Å²) in [5, 5.41) is 0. The summed E-state index contributed by atoms with van der Waals surface area (Å²) >= 11 is 0. The maximum absolute atomic E-state index is 12.6. The van der Waals surface area contributed by atoms with E-state index in [1.807, 2.05) is 0 Å². The van der Waals surface area contributed by atoms with Gasteiger partial charge in [0.1, 0.15) is 17.2 Å². The predicted octanol–water partition coefficient (Wildman–Crippen LogP) is 6.68. The molecule has 0 aliphatic carbocycles. The van der Waals surface area contributed by atoms with E-state index >= 15 is 0 Å². The SMILES string of the molecule is CCCCOc1ccc(C(=O)Oc2ccc(C(=O)Oc3ccc(C(=O)OCCCCOCC4(CC)COC4)cc3)cc2)cc1. The van der Waals surface area contributed by atoms with Crippen LogP contribution in [0.3, 0.4) is 0 Å². The smallest absolute Gasteiger partial charge is 0.343 e. The first-order valence-corrected chi connectivity index (χ1v) is 15.1. The first-order chi connectivity index (χ1) is 21.4. The Morgan fingerprint density at radius 2 is 1.14 bits per heavy atom. The second-order valence-electron chi connectivity index (χ2n) is 10.8. The number of rotatable bonds is 17. The molecule has 234 valence electrons. The van der Waals surface area contributed by atoms with E-state index in [4.69, 9.17) is 28.4 Å². The van der Waals surface area contributed by atoms with Crippen LogP contribution in [0.15, 0.2) is 72.8 Å². The van der Waals surface area contributed by atoms with Gasteiger partial charge in [0.25, 0.3) is 0 Å². The zero-order valence-corrected chi connectivity index (χ0v) is 25.4. The fourth-order valence-corrected chi connectivity index (χ4v) is 4.29. The Labute approximate surface area is 258 Å². The Bertz CT molecular complexity index is 1340. The fourth-order valence-electron chi connectivity index (χ4n) is 4.29. The summed E-state index contributed by atoms with van der Waals surface area (Å²) in [6.07, 6.45) is 4.55. The number of benzene rings is 3. The lowest BCUT2D eigenvalue weighted by Gasteiger charge is -2.40. The van der Waals surface area contributed by atoms with Crippen LogP contribution in [0.1, 0.15) is 77.0 Å². The van der Waals surface area contributed by atoms with Gasteiger partial charge in [-0.2, -0.15) is 0 Å². The molecule has 1 saturated heterocycles. The first kappa shape index (κ1) is 32.7. The largest absolute Gasteiger partial charge is 0.494 e. The molecule has 3 aromatic carbocycles. The molecular weight excluding hydrogens is 564 g/mol. The van der Waals surface area contributed by atoms with Crippen LogP contribution in [0.2, 0.25) is 0 Å². The van der Waals surface area contributed by atoms with Crippen molar-refractivity contribution in [1.82, 2.24) is 0 Å². The molecule has 0 atom stereocenters. The van der Waals surface area contributed by atoms with Gasteiger partial charge in [-0.3, -0.25) is 0 Å². The molecule has 1 aliphatic rings. The van der Waals surface area contributed by atoms with Crippen LogP contribution in [0, 0.1) is 5.41 Å². The van der Waals surface area contributed by atoms with Gasteiger partial charge in [0.2, 0.25) is 0 Å². The standard InChI is InChI=1S/C35H40O9/c1-3-5-21-41-29-14-8-27(9-15-29)33(37)44-31-18-12-28(13-19-31)34(38)43-30-16-10-26(11-17-30)32(36)42-22-7-6-20-39-23-35(4-2)24-40-25-35/h8-19H,3-7,20-25H2,1-2H3. The predicted molar refractivity (Wildman–Crippen MR) is 164 cm³/mol. The molecule has 0 saturated carbocycles. The van der Waals surface area contributed by atoms with Crippen molar-refractivity contribution < 1.29 is 42.8 Å². The molecule has 1 heterocycles. The summed E-state index contributed by atoms with van der Waals surface area (Å²) < 4.78 is 32.9. The second-order valence-corrected chi connectivity index (χ2v) is 10.8. The molecule has 9 heteroatoms. The number of carbonyl (C=O) groups excluding carboxylic acids is 3. The molecule has 1 aliphatic heterocycles. The third-order valence-corrected chi connectivity index (χ3v) is 7.35. The molecule has 3 aromatic rings. The lowest BCUT2D eigenvalue weighted by atomic mass is 9.84. The van der Waals surface area contributed by atoms with Crippen molar-refractivity contribution in [3.63, 3.8) is 0 Å². The van der Waals surface area contributed by atoms with Crippen LogP contribution in [0.4, 0.5) is 0 Å². The highest BCUT2D eigenvalue weighted by atomic mass is 16.5. The van der Waals surface area contributed by atoms with Crippen molar-refractivity contribution in [3.05, 3.63) is 89.5 Å². The van der Waals surface area contributed by atoms with E-state index in [2.05, 4.69) is 13.8 Å². The van der Waals surface area contributed by atoms with Gasteiger partial charge in [-0.1, -0.05) is 20.3 Å². The van der Waals surface area contributed by atoms with E-state index in [9.17, 15) is 14.4 Å². The molecule has 0 amide bonds. The summed E-state index contributed by atoms with van der Waals surface area (Å²) in [7, 11) is 0. The average Bonchev–Trinajstić information content (AvgIpc) is 3.02. The average molecular weight is 605 g/mol. The molecule has 1 fully saturated rings. The minimum atomic E-state index is -0.589. The molecule has 0 aromatic heterocycles. The van der Waals surface area contributed by atoms with E-state index in [0.29, 0.717) is 55.5 Å². The normalized spacial score (nSPS) is 13.4. The van der Waals surface area contributed by atoms with E-state index in [1.54, 1.807) is 36.4 Å². The molecule has 0 N–H and O–H groups in total. The zero-order chi connectivity index (χ0) is 31.2. The molecule has 9 nitrogen and oxygen atoms in total. The number of unbranched alkanes of at least 4 members (excludes halogenated alkanes) is 2. The van der Waals surface area contributed by atoms with Crippen molar-refractivity contribution in [2.45, 2.75) is 46.0 Å². The van der Waals surface area contributed by atoms with E-state index in [1.165, 1.54) is 36.4 Å². The highest BCUT2D eigenvalue weighted by molar-refractivity contribution is 5.93. The monoisotopic (exact) mass is 604 g/mol. The second kappa shape index (κ2) is 16.6. The van der Waals surface area contributed by atoms with Crippen LogP contribution in [0.25, 0.3) is 0 Å². The summed E-state index contributed by atoms with van der Waals surface area (Å²) in [5.41, 5.74) is 1.19. The van der Waals surface area contributed by atoms with Crippen LogP contribution < -0.4 is 14.2 Å². The molecule has 0 spiro atoms. The van der Waals surface area contributed by atoms with Gasteiger partial charge in [0.15, 0.2) is 0 Å². The minimum absolute atomic E-state index is 0.173. The van der Waals surface area contributed by atoms with Gasteiger partial charge >= 0.3 is 17.9 Å². The van der Waals surface area contributed by atoms with E-state index in [-0.39, 0.29) is 16.7 Å². The Morgan fingerprint density at radius 3 is 1.61 bits per heavy atom.